The summed E-state index contributed by atoms with van der Waals surface area (Å²) < 4.78 is 7.06. The Balaban J connectivity index is 2.13. The number of benzene rings is 2. The molecule has 1 heterocycles. The van der Waals surface area contributed by atoms with Gasteiger partial charge in [-0.25, -0.2) is 9.48 Å². The summed E-state index contributed by atoms with van der Waals surface area (Å²) in [4.78, 5) is 11.1. The van der Waals surface area contributed by atoms with Crippen LogP contribution in [0.25, 0.3) is 16.7 Å². The molecule has 3 aromatic rings. The Morgan fingerprint density at radius 1 is 1.29 bits per heavy atom. The number of carboxylic acid groups (broad SMARTS) is 1. The van der Waals surface area contributed by atoms with Crippen molar-refractivity contribution in [2.75, 3.05) is 6.61 Å². The smallest absolute Gasteiger partial charge is 0.335 e. The van der Waals surface area contributed by atoms with Gasteiger partial charge in [-0.1, -0.05) is 11.3 Å². The van der Waals surface area contributed by atoms with Crippen molar-refractivity contribution in [3.63, 3.8) is 0 Å². The number of hydrogen-bond donors (Lipinski definition) is 1. The fourth-order valence-electron chi connectivity index (χ4n) is 2.11. The number of aromatic nitrogens is 3. The molecule has 0 radical (unpaired) electrons. The zero-order chi connectivity index (χ0) is 14.8. The highest BCUT2D eigenvalue weighted by atomic mass is 16.5. The molecule has 0 unspecified atom stereocenters. The zero-order valence-electron chi connectivity index (χ0n) is 11.4. The van der Waals surface area contributed by atoms with E-state index in [0.717, 1.165) is 11.4 Å². The molecule has 0 fully saturated rings. The molecule has 21 heavy (non-hydrogen) atoms. The minimum absolute atomic E-state index is 0.201. The van der Waals surface area contributed by atoms with Crippen LogP contribution in [-0.2, 0) is 0 Å². The van der Waals surface area contributed by atoms with Crippen molar-refractivity contribution in [3.8, 4) is 11.4 Å². The molecule has 0 spiro atoms. The third kappa shape index (κ3) is 2.43. The number of nitrogens with zero attached hydrogens (tertiary/aromatic N) is 3. The van der Waals surface area contributed by atoms with Crippen molar-refractivity contribution >= 4 is 17.0 Å². The van der Waals surface area contributed by atoms with E-state index in [1.165, 1.54) is 6.07 Å². The minimum Gasteiger partial charge on any atom is -0.494 e. The van der Waals surface area contributed by atoms with E-state index < -0.39 is 5.97 Å². The van der Waals surface area contributed by atoms with Crippen molar-refractivity contribution < 1.29 is 14.6 Å². The second-order valence-electron chi connectivity index (χ2n) is 4.44. The van der Waals surface area contributed by atoms with Crippen LogP contribution in [-0.4, -0.2) is 32.7 Å². The lowest BCUT2D eigenvalue weighted by molar-refractivity contribution is 0.0697. The molecule has 6 nitrogen and oxygen atoms in total. The molecule has 0 saturated heterocycles. The first-order valence-electron chi connectivity index (χ1n) is 6.51. The average Bonchev–Trinajstić information content (AvgIpc) is 2.90. The first kappa shape index (κ1) is 13.1. The summed E-state index contributed by atoms with van der Waals surface area (Å²) in [6.45, 7) is 2.49. The van der Waals surface area contributed by atoms with Gasteiger partial charge in [-0.2, -0.15) is 0 Å². The normalized spacial score (nSPS) is 10.7. The highest BCUT2D eigenvalue weighted by molar-refractivity contribution is 5.92. The number of carbonyl (C=O) groups is 1. The van der Waals surface area contributed by atoms with Crippen LogP contribution in [0.4, 0.5) is 0 Å². The van der Waals surface area contributed by atoms with E-state index >= 15 is 0 Å². The van der Waals surface area contributed by atoms with Gasteiger partial charge >= 0.3 is 5.97 Å². The lowest BCUT2D eigenvalue weighted by Gasteiger charge is -2.06. The fraction of sp³-hybridized carbons (Fsp3) is 0.133. The third-order valence-electron chi connectivity index (χ3n) is 3.07. The molecule has 0 aliphatic carbocycles. The Morgan fingerprint density at radius 3 is 2.90 bits per heavy atom. The van der Waals surface area contributed by atoms with Gasteiger partial charge in [0, 0.05) is 6.07 Å². The van der Waals surface area contributed by atoms with Crippen LogP contribution in [0.1, 0.15) is 17.3 Å². The van der Waals surface area contributed by atoms with E-state index in [1.54, 1.807) is 16.8 Å². The minimum atomic E-state index is -0.979. The lowest BCUT2D eigenvalue weighted by Crippen LogP contribution is -2.00. The third-order valence-corrected chi connectivity index (χ3v) is 3.07. The highest BCUT2D eigenvalue weighted by Gasteiger charge is 2.11. The molecule has 0 atom stereocenters. The maximum Gasteiger partial charge on any atom is 0.335 e. The lowest BCUT2D eigenvalue weighted by atomic mass is 10.2. The largest absolute Gasteiger partial charge is 0.494 e. The molecule has 0 bridgehead atoms. The van der Waals surface area contributed by atoms with Gasteiger partial charge in [0.1, 0.15) is 11.3 Å². The molecule has 1 aromatic heterocycles. The standard InChI is InChI=1S/C15H13N3O3/c1-2-21-12-5-3-4-11(9-12)18-14-8-10(15(19)20)6-7-13(14)16-17-18/h3-9H,2H2,1H3,(H,19,20). The van der Waals surface area contributed by atoms with Crippen LogP contribution in [0.5, 0.6) is 5.75 Å². The number of hydrogen-bond acceptors (Lipinski definition) is 4. The maximum absolute atomic E-state index is 11.1. The highest BCUT2D eigenvalue weighted by Crippen LogP contribution is 2.21. The number of rotatable bonds is 4. The van der Waals surface area contributed by atoms with Gasteiger partial charge < -0.3 is 9.84 Å². The molecule has 3 rings (SSSR count). The van der Waals surface area contributed by atoms with Crippen molar-refractivity contribution in [3.05, 3.63) is 48.0 Å². The summed E-state index contributed by atoms with van der Waals surface area (Å²) in [5.74, 6) is -0.249. The summed E-state index contributed by atoms with van der Waals surface area (Å²) in [6.07, 6.45) is 0. The van der Waals surface area contributed by atoms with Crippen LogP contribution in [0.2, 0.25) is 0 Å². The van der Waals surface area contributed by atoms with Crippen LogP contribution in [0, 0.1) is 0 Å². The summed E-state index contributed by atoms with van der Waals surface area (Å²) in [5, 5.41) is 17.2. The van der Waals surface area contributed by atoms with Crippen LogP contribution < -0.4 is 4.74 Å². The van der Waals surface area contributed by atoms with Gasteiger partial charge in [-0.15, -0.1) is 5.10 Å². The second-order valence-corrected chi connectivity index (χ2v) is 4.44. The molecule has 0 aliphatic rings. The Hall–Kier alpha value is -2.89. The molecule has 1 N–H and O–H groups in total. The monoisotopic (exact) mass is 283 g/mol. The zero-order valence-corrected chi connectivity index (χ0v) is 11.4. The first-order valence-corrected chi connectivity index (χ1v) is 6.51. The molecule has 0 saturated carbocycles. The number of aromatic carboxylic acids is 1. The van der Waals surface area contributed by atoms with Crippen LogP contribution in [0.3, 0.4) is 0 Å². The van der Waals surface area contributed by atoms with Gasteiger partial charge in [0.2, 0.25) is 0 Å². The molecule has 6 heteroatoms. The van der Waals surface area contributed by atoms with E-state index in [0.29, 0.717) is 17.6 Å². The number of fused-ring (bicyclic) bond motifs is 1. The predicted molar refractivity (Wildman–Crippen MR) is 77.0 cm³/mol. The topological polar surface area (TPSA) is 77.2 Å². The van der Waals surface area contributed by atoms with E-state index in [9.17, 15) is 4.79 Å². The maximum atomic E-state index is 11.1. The molecule has 0 aliphatic heterocycles. The number of carboxylic acids is 1. The summed E-state index contributed by atoms with van der Waals surface area (Å²) in [7, 11) is 0. The van der Waals surface area contributed by atoms with Crippen molar-refractivity contribution in [2.24, 2.45) is 0 Å². The fourth-order valence-corrected chi connectivity index (χ4v) is 2.11. The second kappa shape index (κ2) is 5.24. The molecular formula is C15H13N3O3. The quantitative estimate of drug-likeness (QED) is 0.796. The van der Waals surface area contributed by atoms with Gasteiger partial charge in [-0.05, 0) is 37.3 Å². The SMILES string of the molecule is CCOc1cccc(-n2nnc3ccc(C(=O)O)cc32)c1. The van der Waals surface area contributed by atoms with E-state index in [-0.39, 0.29) is 5.56 Å². The van der Waals surface area contributed by atoms with Crippen molar-refractivity contribution in [1.82, 2.24) is 15.0 Å². The molecule has 106 valence electrons. The van der Waals surface area contributed by atoms with Gasteiger partial charge in [0.05, 0.1) is 23.4 Å². The average molecular weight is 283 g/mol. The van der Waals surface area contributed by atoms with E-state index in [1.807, 2.05) is 31.2 Å². The van der Waals surface area contributed by atoms with Gasteiger partial charge in [0.25, 0.3) is 0 Å². The van der Waals surface area contributed by atoms with Crippen LogP contribution >= 0.6 is 0 Å². The van der Waals surface area contributed by atoms with Crippen molar-refractivity contribution in [1.29, 1.82) is 0 Å². The van der Waals surface area contributed by atoms with E-state index in [2.05, 4.69) is 10.3 Å². The number of ether oxygens (including phenoxy) is 1. The molecular weight excluding hydrogens is 270 g/mol. The Kier molecular flexibility index (Phi) is 3.27. The summed E-state index contributed by atoms with van der Waals surface area (Å²) in [5.41, 5.74) is 2.25. The first-order chi connectivity index (χ1) is 10.2. The molecule has 0 amide bonds. The predicted octanol–water partition coefficient (Wildman–Crippen LogP) is 2.52. The Bertz CT molecular complexity index is 811. The summed E-state index contributed by atoms with van der Waals surface area (Å²) >= 11 is 0. The Morgan fingerprint density at radius 2 is 2.14 bits per heavy atom. The van der Waals surface area contributed by atoms with Crippen molar-refractivity contribution in [2.45, 2.75) is 6.92 Å². The summed E-state index contributed by atoms with van der Waals surface area (Å²) in [6, 6.07) is 12.1. The van der Waals surface area contributed by atoms with Crippen LogP contribution in [0.15, 0.2) is 42.5 Å². The molecule has 2 aromatic carbocycles. The Labute approximate surface area is 120 Å². The van der Waals surface area contributed by atoms with Gasteiger partial charge in [0.15, 0.2) is 0 Å². The van der Waals surface area contributed by atoms with E-state index in [4.69, 9.17) is 9.84 Å². The van der Waals surface area contributed by atoms with Gasteiger partial charge in [-0.3, -0.25) is 0 Å².